The molecule has 2 aromatic heterocycles. The van der Waals surface area contributed by atoms with E-state index in [1.807, 2.05) is 41.1 Å². The van der Waals surface area contributed by atoms with Crippen LogP contribution in [0, 0.1) is 5.41 Å². The van der Waals surface area contributed by atoms with Crippen molar-refractivity contribution >= 4 is 21.8 Å². The van der Waals surface area contributed by atoms with Gasteiger partial charge in [0, 0.05) is 46.9 Å². The fourth-order valence-corrected chi connectivity index (χ4v) is 2.63. The minimum atomic E-state index is 0.0731. The first-order valence-electron chi connectivity index (χ1n) is 6.69. The number of rotatable bonds is 4. The maximum atomic E-state index is 7.53. The second-order valence-electron chi connectivity index (χ2n) is 4.88. The van der Waals surface area contributed by atoms with Crippen molar-refractivity contribution in [2.45, 2.75) is 6.54 Å². The van der Waals surface area contributed by atoms with Gasteiger partial charge in [-0.1, -0.05) is 18.2 Å². The first kappa shape index (κ1) is 14.5. The van der Waals surface area contributed by atoms with Gasteiger partial charge in [-0.2, -0.15) is 0 Å². The van der Waals surface area contributed by atoms with Crippen LogP contribution in [0.4, 0.5) is 0 Å². The van der Waals surface area contributed by atoms with Gasteiger partial charge in [0.1, 0.15) is 11.7 Å². The largest absolute Gasteiger partial charge is 0.384 e. The number of imidazole rings is 1. The first-order valence-corrected chi connectivity index (χ1v) is 7.48. The molecule has 0 spiro atoms. The summed E-state index contributed by atoms with van der Waals surface area (Å²) in [4.78, 5) is 8.60. The number of aromatic nitrogens is 3. The summed E-state index contributed by atoms with van der Waals surface area (Å²) in [5.74, 6) is 0.922. The average molecular weight is 356 g/mol. The molecule has 1 aromatic carbocycles. The van der Waals surface area contributed by atoms with Crippen LogP contribution in [0.25, 0.3) is 11.4 Å². The van der Waals surface area contributed by atoms with Crippen LogP contribution < -0.4 is 5.73 Å². The van der Waals surface area contributed by atoms with Crippen LogP contribution in [0.15, 0.2) is 59.6 Å². The van der Waals surface area contributed by atoms with Gasteiger partial charge in [-0.15, -0.1) is 0 Å². The van der Waals surface area contributed by atoms with Gasteiger partial charge in [0.25, 0.3) is 0 Å². The molecule has 5 nitrogen and oxygen atoms in total. The van der Waals surface area contributed by atoms with E-state index in [1.54, 1.807) is 18.6 Å². The van der Waals surface area contributed by atoms with E-state index in [9.17, 15) is 0 Å². The van der Waals surface area contributed by atoms with E-state index < -0.39 is 0 Å². The number of halogens is 1. The molecular weight excluding hydrogens is 342 g/mol. The Morgan fingerprint density at radius 3 is 2.91 bits per heavy atom. The third-order valence-electron chi connectivity index (χ3n) is 3.27. The molecule has 0 radical (unpaired) electrons. The number of hydrogen-bond acceptors (Lipinski definition) is 3. The zero-order valence-electron chi connectivity index (χ0n) is 11.7. The van der Waals surface area contributed by atoms with Crippen LogP contribution in [0.5, 0.6) is 0 Å². The Bertz CT molecular complexity index is 825. The standard InChI is InChI=1S/C16H14BrN5/c17-14-7-13(8-20-9-14)16-21-4-5-22(16)10-11-2-1-3-12(6-11)15(18)19/h1-9H,10H2,(H3,18,19). The molecule has 6 heteroatoms. The van der Waals surface area contributed by atoms with Crippen molar-refractivity contribution in [3.8, 4) is 11.4 Å². The maximum absolute atomic E-state index is 7.53. The van der Waals surface area contributed by atoms with E-state index in [2.05, 4.69) is 25.9 Å². The fraction of sp³-hybridized carbons (Fsp3) is 0.0625. The Balaban J connectivity index is 1.93. The number of amidine groups is 1. The number of nitrogens with two attached hydrogens (primary N) is 1. The molecule has 0 amide bonds. The summed E-state index contributed by atoms with van der Waals surface area (Å²) in [6.45, 7) is 0.656. The molecule has 3 N–H and O–H groups in total. The van der Waals surface area contributed by atoms with Crippen molar-refractivity contribution in [2.75, 3.05) is 0 Å². The third kappa shape index (κ3) is 3.07. The Hall–Kier alpha value is -2.47. The molecule has 0 fully saturated rings. The van der Waals surface area contributed by atoms with E-state index in [1.165, 1.54) is 0 Å². The number of nitrogen functional groups attached to an aromatic ring is 1. The molecule has 3 aromatic rings. The number of nitrogens with one attached hydrogen (secondary N) is 1. The van der Waals surface area contributed by atoms with Crippen LogP contribution >= 0.6 is 15.9 Å². The average Bonchev–Trinajstić information content (AvgIpc) is 2.95. The summed E-state index contributed by atoms with van der Waals surface area (Å²) >= 11 is 3.43. The Labute approximate surface area is 136 Å². The first-order chi connectivity index (χ1) is 10.6. The van der Waals surface area contributed by atoms with Gasteiger partial charge in [-0.05, 0) is 33.6 Å². The summed E-state index contributed by atoms with van der Waals surface area (Å²) in [7, 11) is 0. The smallest absolute Gasteiger partial charge is 0.141 e. The lowest BCUT2D eigenvalue weighted by Gasteiger charge is -2.09. The van der Waals surface area contributed by atoms with Gasteiger partial charge >= 0.3 is 0 Å². The van der Waals surface area contributed by atoms with E-state index in [0.717, 1.165) is 27.0 Å². The van der Waals surface area contributed by atoms with Gasteiger partial charge in [0.2, 0.25) is 0 Å². The predicted octanol–water partition coefficient (Wildman–Crippen LogP) is 3.04. The van der Waals surface area contributed by atoms with E-state index in [4.69, 9.17) is 11.1 Å². The van der Waals surface area contributed by atoms with Gasteiger partial charge in [-0.3, -0.25) is 10.4 Å². The van der Waals surface area contributed by atoms with E-state index >= 15 is 0 Å². The number of hydrogen-bond donors (Lipinski definition) is 2. The van der Waals surface area contributed by atoms with Crippen molar-refractivity contribution in [3.63, 3.8) is 0 Å². The highest BCUT2D eigenvalue weighted by molar-refractivity contribution is 9.10. The minimum absolute atomic E-state index is 0.0731. The van der Waals surface area contributed by atoms with Crippen LogP contribution in [0.2, 0.25) is 0 Å². The van der Waals surface area contributed by atoms with Gasteiger partial charge < -0.3 is 10.3 Å². The molecule has 0 unspecified atom stereocenters. The topological polar surface area (TPSA) is 80.6 Å². The lowest BCUT2D eigenvalue weighted by atomic mass is 10.1. The van der Waals surface area contributed by atoms with Crippen molar-refractivity contribution < 1.29 is 0 Å². The summed E-state index contributed by atoms with van der Waals surface area (Å²) in [5, 5.41) is 7.53. The van der Waals surface area contributed by atoms with Gasteiger partial charge in [0.15, 0.2) is 0 Å². The highest BCUT2D eigenvalue weighted by Gasteiger charge is 2.08. The molecule has 0 saturated carbocycles. The Morgan fingerprint density at radius 1 is 1.27 bits per heavy atom. The maximum Gasteiger partial charge on any atom is 0.141 e. The quantitative estimate of drug-likeness (QED) is 0.557. The summed E-state index contributed by atoms with van der Waals surface area (Å²) < 4.78 is 2.96. The van der Waals surface area contributed by atoms with Crippen LogP contribution in [0.1, 0.15) is 11.1 Å². The third-order valence-corrected chi connectivity index (χ3v) is 3.70. The van der Waals surface area contributed by atoms with Gasteiger partial charge in [0.05, 0.1) is 0 Å². The molecule has 110 valence electrons. The van der Waals surface area contributed by atoms with E-state index in [-0.39, 0.29) is 5.84 Å². The molecule has 0 aliphatic carbocycles. The van der Waals surface area contributed by atoms with Crippen LogP contribution in [-0.2, 0) is 6.54 Å². The van der Waals surface area contributed by atoms with E-state index in [0.29, 0.717) is 6.54 Å². The highest BCUT2D eigenvalue weighted by atomic mass is 79.9. The molecule has 0 aliphatic heterocycles. The normalized spacial score (nSPS) is 10.6. The second kappa shape index (κ2) is 6.11. The molecule has 22 heavy (non-hydrogen) atoms. The lowest BCUT2D eigenvalue weighted by molar-refractivity contribution is 0.806. The predicted molar refractivity (Wildman–Crippen MR) is 89.7 cm³/mol. The Morgan fingerprint density at radius 2 is 2.14 bits per heavy atom. The van der Waals surface area contributed by atoms with Crippen LogP contribution in [-0.4, -0.2) is 20.4 Å². The monoisotopic (exact) mass is 355 g/mol. The molecule has 2 heterocycles. The van der Waals surface area contributed by atoms with Crippen molar-refractivity contribution in [1.82, 2.24) is 14.5 Å². The van der Waals surface area contributed by atoms with Crippen molar-refractivity contribution in [2.24, 2.45) is 5.73 Å². The molecule has 0 bridgehead atoms. The summed E-state index contributed by atoms with van der Waals surface area (Å²) in [5.41, 5.74) is 8.28. The minimum Gasteiger partial charge on any atom is -0.384 e. The fourth-order valence-electron chi connectivity index (χ4n) is 2.27. The number of benzene rings is 1. The molecular formula is C16H14BrN5. The van der Waals surface area contributed by atoms with Crippen molar-refractivity contribution in [3.05, 3.63) is 70.7 Å². The Kier molecular flexibility index (Phi) is 4.02. The molecule has 3 rings (SSSR count). The number of nitrogens with zero attached hydrogens (tertiary/aromatic N) is 3. The zero-order chi connectivity index (χ0) is 15.5. The zero-order valence-corrected chi connectivity index (χ0v) is 13.3. The second-order valence-corrected chi connectivity index (χ2v) is 5.80. The highest BCUT2D eigenvalue weighted by Crippen LogP contribution is 2.21. The molecule has 0 aliphatic rings. The van der Waals surface area contributed by atoms with Crippen LogP contribution in [0.3, 0.4) is 0 Å². The summed E-state index contributed by atoms with van der Waals surface area (Å²) in [6, 6.07) is 9.65. The molecule has 0 saturated heterocycles. The van der Waals surface area contributed by atoms with Gasteiger partial charge in [-0.25, -0.2) is 4.98 Å². The number of pyridine rings is 1. The van der Waals surface area contributed by atoms with Crippen molar-refractivity contribution in [1.29, 1.82) is 5.41 Å². The lowest BCUT2D eigenvalue weighted by Crippen LogP contribution is -2.11. The SMILES string of the molecule is N=C(N)c1cccc(Cn2ccnc2-c2cncc(Br)c2)c1. The summed E-state index contributed by atoms with van der Waals surface area (Å²) in [6.07, 6.45) is 7.23. The molecule has 0 atom stereocenters.